The van der Waals surface area contributed by atoms with Gasteiger partial charge in [0.25, 0.3) is 0 Å². The first kappa shape index (κ1) is 11.3. The highest BCUT2D eigenvalue weighted by atomic mass is 16.4. The van der Waals surface area contributed by atoms with Gasteiger partial charge in [-0.2, -0.15) is 0 Å². The predicted octanol–water partition coefficient (Wildman–Crippen LogP) is 0.885. The van der Waals surface area contributed by atoms with Gasteiger partial charge in [0.1, 0.15) is 0 Å². The molecule has 1 rings (SSSR count). The zero-order valence-corrected chi connectivity index (χ0v) is 8.58. The highest BCUT2D eigenvalue weighted by Gasteiger charge is 1.99. The van der Waals surface area contributed by atoms with Gasteiger partial charge in [-0.3, -0.25) is 4.79 Å². The van der Waals surface area contributed by atoms with Crippen LogP contribution in [0.25, 0.3) is 0 Å². The van der Waals surface area contributed by atoms with Crippen LogP contribution < -0.4 is 5.32 Å². The lowest BCUT2D eigenvalue weighted by molar-refractivity contribution is -0.136. The fourth-order valence-corrected chi connectivity index (χ4v) is 1.17. The molecular weight excluding hydrogens is 190 g/mol. The summed E-state index contributed by atoms with van der Waals surface area (Å²) in [5.74, 6) is 5.05. The van der Waals surface area contributed by atoms with E-state index in [4.69, 9.17) is 5.11 Å². The molecule has 0 heterocycles. The van der Waals surface area contributed by atoms with Crippen LogP contribution in [0.15, 0.2) is 24.3 Å². The van der Waals surface area contributed by atoms with Crippen molar-refractivity contribution < 1.29 is 9.90 Å². The highest BCUT2D eigenvalue weighted by molar-refractivity contribution is 5.70. The minimum absolute atomic E-state index is 0.0432. The van der Waals surface area contributed by atoms with Crippen molar-refractivity contribution in [1.29, 1.82) is 0 Å². The van der Waals surface area contributed by atoms with Crippen molar-refractivity contribution in [3.05, 3.63) is 35.4 Å². The van der Waals surface area contributed by atoms with E-state index in [1.54, 1.807) is 12.1 Å². The van der Waals surface area contributed by atoms with Gasteiger partial charge in [0.2, 0.25) is 0 Å². The first-order valence-electron chi connectivity index (χ1n) is 4.66. The second-order valence-corrected chi connectivity index (χ2v) is 3.10. The van der Waals surface area contributed by atoms with Gasteiger partial charge in [-0.05, 0) is 24.7 Å². The maximum Gasteiger partial charge on any atom is 0.307 e. The standard InChI is InChI=1S/C12H13NO2/c1-13-7-3-6-10-4-2-5-11(8-10)9-12(14)15/h2,4-5,8,13H,7,9H2,1H3,(H,14,15). The number of carboxylic acid groups (broad SMARTS) is 1. The van der Waals surface area contributed by atoms with Gasteiger partial charge in [0.15, 0.2) is 0 Å². The molecule has 0 atom stereocenters. The van der Waals surface area contributed by atoms with E-state index in [-0.39, 0.29) is 6.42 Å². The Kier molecular flexibility index (Phi) is 4.39. The molecule has 3 heteroatoms. The lowest BCUT2D eigenvalue weighted by atomic mass is 10.1. The third-order valence-corrected chi connectivity index (χ3v) is 1.78. The van der Waals surface area contributed by atoms with Crippen molar-refractivity contribution in [2.24, 2.45) is 0 Å². The Balaban J connectivity index is 2.75. The Morgan fingerprint density at radius 1 is 1.53 bits per heavy atom. The summed E-state index contributed by atoms with van der Waals surface area (Å²) in [4.78, 5) is 10.5. The van der Waals surface area contributed by atoms with Crippen molar-refractivity contribution in [2.45, 2.75) is 6.42 Å². The quantitative estimate of drug-likeness (QED) is 0.717. The largest absolute Gasteiger partial charge is 0.481 e. The van der Waals surface area contributed by atoms with E-state index in [1.165, 1.54) is 0 Å². The molecule has 3 nitrogen and oxygen atoms in total. The monoisotopic (exact) mass is 203 g/mol. The molecule has 0 saturated heterocycles. The van der Waals surface area contributed by atoms with Crippen molar-refractivity contribution in [3.63, 3.8) is 0 Å². The second-order valence-electron chi connectivity index (χ2n) is 3.10. The average molecular weight is 203 g/mol. The maximum absolute atomic E-state index is 10.5. The molecule has 2 N–H and O–H groups in total. The third-order valence-electron chi connectivity index (χ3n) is 1.78. The zero-order chi connectivity index (χ0) is 11.1. The Morgan fingerprint density at radius 2 is 2.33 bits per heavy atom. The van der Waals surface area contributed by atoms with Crippen LogP contribution in [0, 0.1) is 11.8 Å². The topological polar surface area (TPSA) is 49.3 Å². The van der Waals surface area contributed by atoms with Crippen LogP contribution >= 0.6 is 0 Å². The molecule has 78 valence electrons. The highest BCUT2D eigenvalue weighted by Crippen LogP contribution is 2.04. The Labute approximate surface area is 89.1 Å². The van der Waals surface area contributed by atoms with E-state index >= 15 is 0 Å². The van der Waals surface area contributed by atoms with E-state index in [1.807, 2.05) is 19.2 Å². The van der Waals surface area contributed by atoms with E-state index in [0.717, 1.165) is 11.1 Å². The maximum atomic E-state index is 10.5. The van der Waals surface area contributed by atoms with Crippen LogP contribution in [0.5, 0.6) is 0 Å². The number of carboxylic acids is 1. The van der Waals surface area contributed by atoms with Gasteiger partial charge in [-0.1, -0.05) is 24.0 Å². The first-order valence-corrected chi connectivity index (χ1v) is 4.66. The molecule has 0 aliphatic rings. The average Bonchev–Trinajstić information content (AvgIpc) is 2.18. The summed E-state index contributed by atoms with van der Waals surface area (Å²) in [7, 11) is 1.83. The van der Waals surface area contributed by atoms with Gasteiger partial charge in [-0.15, -0.1) is 0 Å². The van der Waals surface area contributed by atoms with Crippen molar-refractivity contribution in [3.8, 4) is 11.8 Å². The number of benzene rings is 1. The number of hydrogen-bond acceptors (Lipinski definition) is 2. The molecule has 0 radical (unpaired) electrons. The van der Waals surface area contributed by atoms with Crippen LogP contribution in [0.2, 0.25) is 0 Å². The smallest absolute Gasteiger partial charge is 0.307 e. The summed E-state index contributed by atoms with van der Waals surface area (Å²) in [6.07, 6.45) is 0.0432. The molecule has 0 aliphatic carbocycles. The van der Waals surface area contributed by atoms with Crippen molar-refractivity contribution in [1.82, 2.24) is 5.32 Å². The molecule has 0 aliphatic heterocycles. The number of hydrogen-bond donors (Lipinski definition) is 2. The number of nitrogens with one attached hydrogen (secondary N) is 1. The Morgan fingerprint density at radius 3 is 3.00 bits per heavy atom. The van der Waals surface area contributed by atoms with Crippen LogP contribution in [0.1, 0.15) is 11.1 Å². The molecule has 0 bridgehead atoms. The fraction of sp³-hybridized carbons (Fsp3) is 0.250. The number of aliphatic carboxylic acids is 1. The summed E-state index contributed by atoms with van der Waals surface area (Å²) in [5, 5.41) is 11.5. The van der Waals surface area contributed by atoms with E-state index in [9.17, 15) is 4.79 Å². The van der Waals surface area contributed by atoms with Gasteiger partial charge in [0, 0.05) is 5.56 Å². The summed E-state index contributed by atoms with van der Waals surface area (Å²) >= 11 is 0. The molecule has 1 aromatic rings. The Hall–Kier alpha value is -1.79. The van der Waals surface area contributed by atoms with Crippen LogP contribution in [0.4, 0.5) is 0 Å². The van der Waals surface area contributed by atoms with Crippen LogP contribution in [-0.2, 0) is 11.2 Å². The minimum atomic E-state index is -0.824. The molecule has 1 aromatic carbocycles. The van der Waals surface area contributed by atoms with Crippen LogP contribution in [-0.4, -0.2) is 24.7 Å². The van der Waals surface area contributed by atoms with Gasteiger partial charge in [-0.25, -0.2) is 0 Å². The summed E-state index contributed by atoms with van der Waals surface area (Å²) in [6.45, 7) is 0.628. The fourth-order valence-electron chi connectivity index (χ4n) is 1.17. The van der Waals surface area contributed by atoms with Crippen molar-refractivity contribution in [2.75, 3.05) is 13.6 Å². The van der Waals surface area contributed by atoms with E-state index < -0.39 is 5.97 Å². The number of rotatable bonds is 3. The molecule has 0 saturated carbocycles. The molecular formula is C12H13NO2. The van der Waals surface area contributed by atoms with Crippen LogP contribution in [0.3, 0.4) is 0 Å². The first-order chi connectivity index (χ1) is 7.22. The lowest BCUT2D eigenvalue weighted by Gasteiger charge is -1.97. The molecule has 0 spiro atoms. The molecule has 0 unspecified atom stereocenters. The summed E-state index contributed by atoms with van der Waals surface area (Å²) in [5.41, 5.74) is 1.63. The lowest BCUT2D eigenvalue weighted by Crippen LogP contribution is -2.04. The van der Waals surface area contributed by atoms with Gasteiger partial charge in [0.05, 0.1) is 13.0 Å². The van der Waals surface area contributed by atoms with E-state index in [0.29, 0.717) is 6.54 Å². The predicted molar refractivity (Wildman–Crippen MR) is 58.6 cm³/mol. The number of carbonyl (C=O) groups is 1. The van der Waals surface area contributed by atoms with Gasteiger partial charge >= 0.3 is 5.97 Å². The SMILES string of the molecule is CNCC#Cc1cccc(CC(=O)O)c1. The zero-order valence-electron chi connectivity index (χ0n) is 8.58. The molecule has 0 amide bonds. The Bertz CT molecular complexity index is 402. The third kappa shape index (κ3) is 4.30. The van der Waals surface area contributed by atoms with Gasteiger partial charge < -0.3 is 10.4 Å². The normalized spacial score (nSPS) is 9.13. The minimum Gasteiger partial charge on any atom is -0.481 e. The summed E-state index contributed by atoms with van der Waals surface area (Å²) < 4.78 is 0. The van der Waals surface area contributed by atoms with E-state index in [2.05, 4.69) is 17.2 Å². The second kappa shape index (κ2) is 5.84. The molecule has 0 fully saturated rings. The summed E-state index contributed by atoms with van der Waals surface area (Å²) in [6, 6.07) is 7.28. The molecule has 15 heavy (non-hydrogen) atoms. The molecule has 0 aromatic heterocycles. The van der Waals surface area contributed by atoms with Crippen molar-refractivity contribution >= 4 is 5.97 Å².